The zero-order valence-corrected chi connectivity index (χ0v) is 18.9. The minimum atomic E-state index is -0.299. The molecule has 2 amide bonds. The van der Waals surface area contributed by atoms with Crippen molar-refractivity contribution in [3.63, 3.8) is 0 Å². The largest absolute Gasteiger partial charge is 0.325 e. The zero-order valence-electron chi connectivity index (χ0n) is 17.3. The second-order valence-corrected chi connectivity index (χ2v) is 9.15. The Labute approximate surface area is 196 Å². The van der Waals surface area contributed by atoms with Crippen molar-refractivity contribution in [1.29, 1.82) is 0 Å². The Morgan fingerprint density at radius 2 is 1.53 bits per heavy atom. The molecule has 2 N–H and O–H groups in total. The Morgan fingerprint density at radius 3 is 2.28 bits per heavy atom. The summed E-state index contributed by atoms with van der Waals surface area (Å²) in [7, 11) is 0. The lowest BCUT2D eigenvalue weighted by Crippen LogP contribution is -2.22. The number of hydrogen-bond acceptors (Lipinski definition) is 3. The Bertz CT molecular complexity index is 1270. The predicted molar refractivity (Wildman–Crippen MR) is 134 cm³/mol. The van der Waals surface area contributed by atoms with E-state index in [1.54, 1.807) is 24.3 Å². The van der Waals surface area contributed by atoms with E-state index in [0.717, 1.165) is 15.7 Å². The lowest BCUT2D eigenvalue weighted by Gasteiger charge is -2.13. The molecule has 0 aliphatic carbocycles. The Balaban J connectivity index is 1.35. The lowest BCUT2D eigenvalue weighted by molar-refractivity contribution is -0.115. The van der Waals surface area contributed by atoms with Crippen LogP contribution in [0.3, 0.4) is 0 Å². The summed E-state index contributed by atoms with van der Waals surface area (Å²) in [5.41, 5.74) is 1.97. The summed E-state index contributed by atoms with van der Waals surface area (Å²) in [6.45, 7) is 1.85. The average Bonchev–Trinajstić information content (AvgIpc) is 2.80. The number of amides is 2. The van der Waals surface area contributed by atoms with E-state index in [9.17, 15) is 9.59 Å². The molecule has 0 aliphatic heterocycles. The smallest absolute Gasteiger partial charge is 0.255 e. The quantitative estimate of drug-likeness (QED) is 0.309. The summed E-state index contributed by atoms with van der Waals surface area (Å²) >= 11 is 7.41. The van der Waals surface area contributed by atoms with Crippen molar-refractivity contribution in [2.24, 2.45) is 0 Å². The van der Waals surface area contributed by atoms with Crippen LogP contribution in [0.5, 0.6) is 0 Å². The number of nitrogens with one attached hydrogen (secondary N) is 2. The van der Waals surface area contributed by atoms with Crippen LogP contribution in [0.4, 0.5) is 11.4 Å². The highest BCUT2D eigenvalue weighted by atomic mass is 35.5. The van der Waals surface area contributed by atoms with Gasteiger partial charge in [0, 0.05) is 26.9 Å². The third-order valence-corrected chi connectivity index (χ3v) is 6.25. The molecule has 4 nitrogen and oxygen atoms in total. The SMILES string of the molecule is CC(Sc1ccc(NC(=O)c2ccc3ccccc3c2)cc1)C(=O)Nc1cccc(Cl)c1. The van der Waals surface area contributed by atoms with Crippen molar-refractivity contribution >= 4 is 57.3 Å². The predicted octanol–water partition coefficient (Wildman–Crippen LogP) is 6.86. The number of halogens is 1. The van der Waals surface area contributed by atoms with Gasteiger partial charge in [-0.1, -0.05) is 48.0 Å². The van der Waals surface area contributed by atoms with Crippen molar-refractivity contribution in [3.05, 3.63) is 102 Å². The highest BCUT2D eigenvalue weighted by molar-refractivity contribution is 8.00. The van der Waals surface area contributed by atoms with Gasteiger partial charge in [0.25, 0.3) is 5.91 Å². The Kier molecular flexibility index (Phi) is 6.78. The number of anilines is 2. The van der Waals surface area contributed by atoms with E-state index in [-0.39, 0.29) is 17.1 Å². The molecule has 4 aromatic carbocycles. The van der Waals surface area contributed by atoms with Crippen LogP contribution in [0.2, 0.25) is 5.02 Å². The summed E-state index contributed by atoms with van der Waals surface area (Å²) in [6, 6.07) is 28.1. The molecule has 160 valence electrons. The number of fused-ring (bicyclic) bond motifs is 1. The molecule has 0 fully saturated rings. The Morgan fingerprint density at radius 1 is 0.781 bits per heavy atom. The van der Waals surface area contributed by atoms with E-state index >= 15 is 0 Å². The zero-order chi connectivity index (χ0) is 22.5. The average molecular weight is 461 g/mol. The van der Waals surface area contributed by atoms with E-state index in [4.69, 9.17) is 11.6 Å². The van der Waals surface area contributed by atoms with Crippen molar-refractivity contribution in [3.8, 4) is 0 Å². The molecular formula is C26H21ClN2O2S. The van der Waals surface area contributed by atoms with Crippen LogP contribution < -0.4 is 10.6 Å². The lowest BCUT2D eigenvalue weighted by atomic mass is 10.1. The monoisotopic (exact) mass is 460 g/mol. The first kappa shape index (κ1) is 21.9. The van der Waals surface area contributed by atoms with Gasteiger partial charge in [-0.3, -0.25) is 9.59 Å². The fourth-order valence-corrected chi connectivity index (χ4v) is 4.28. The van der Waals surface area contributed by atoms with Gasteiger partial charge in [0.15, 0.2) is 0 Å². The molecule has 6 heteroatoms. The maximum Gasteiger partial charge on any atom is 0.255 e. The summed E-state index contributed by atoms with van der Waals surface area (Å²) < 4.78 is 0. The molecule has 1 unspecified atom stereocenters. The molecule has 0 heterocycles. The summed E-state index contributed by atoms with van der Waals surface area (Å²) in [5, 5.41) is 8.19. The molecule has 0 aromatic heterocycles. The number of carbonyl (C=O) groups excluding carboxylic acids is 2. The van der Waals surface area contributed by atoms with Crippen LogP contribution in [0.1, 0.15) is 17.3 Å². The van der Waals surface area contributed by atoms with Gasteiger partial charge in [0.1, 0.15) is 0 Å². The minimum absolute atomic E-state index is 0.106. The summed E-state index contributed by atoms with van der Waals surface area (Å²) in [5.74, 6) is -0.267. The minimum Gasteiger partial charge on any atom is -0.325 e. The highest BCUT2D eigenvalue weighted by Crippen LogP contribution is 2.26. The van der Waals surface area contributed by atoms with E-state index in [1.165, 1.54) is 11.8 Å². The van der Waals surface area contributed by atoms with Crippen LogP contribution in [0.25, 0.3) is 10.8 Å². The van der Waals surface area contributed by atoms with Gasteiger partial charge >= 0.3 is 0 Å². The van der Waals surface area contributed by atoms with Gasteiger partial charge < -0.3 is 10.6 Å². The molecule has 4 aromatic rings. The van der Waals surface area contributed by atoms with Gasteiger partial charge in [-0.15, -0.1) is 11.8 Å². The van der Waals surface area contributed by atoms with Gasteiger partial charge in [-0.25, -0.2) is 0 Å². The number of carbonyl (C=O) groups is 2. The number of rotatable bonds is 6. The number of benzene rings is 4. The van der Waals surface area contributed by atoms with Crippen molar-refractivity contribution in [2.45, 2.75) is 17.1 Å². The third-order valence-electron chi connectivity index (χ3n) is 4.90. The first-order chi connectivity index (χ1) is 15.5. The van der Waals surface area contributed by atoms with Gasteiger partial charge in [0.2, 0.25) is 5.91 Å². The highest BCUT2D eigenvalue weighted by Gasteiger charge is 2.15. The topological polar surface area (TPSA) is 58.2 Å². The maximum absolute atomic E-state index is 12.6. The van der Waals surface area contributed by atoms with E-state index in [1.807, 2.05) is 73.7 Å². The molecule has 32 heavy (non-hydrogen) atoms. The van der Waals surface area contributed by atoms with Gasteiger partial charge in [0.05, 0.1) is 5.25 Å². The number of hydrogen-bond donors (Lipinski definition) is 2. The molecule has 1 atom stereocenters. The molecule has 0 radical (unpaired) electrons. The normalized spacial score (nSPS) is 11.7. The van der Waals surface area contributed by atoms with Crippen LogP contribution in [-0.2, 0) is 4.79 Å². The standard InChI is InChI=1S/C26H21ClN2O2S/c1-17(25(30)29-23-8-4-7-21(27)16-23)32-24-13-11-22(12-14-24)28-26(31)20-10-9-18-5-2-3-6-19(18)15-20/h2-17H,1H3,(H,28,31)(H,29,30). The van der Waals surface area contributed by atoms with E-state index < -0.39 is 0 Å². The Hall–Kier alpha value is -3.28. The second-order valence-electron chi connectivity index (χ2n) is 7.30. The molecule has 0 bridgehead atoms. The van der Waals surface area contributed by atoms with Crippen LogP contribution in [0.15, 0.2) is 95.9 Å². The van der Waals surface area contributed by atoms with Crippen LogP contribution >= 0.6 is 23.4 Å². The third kappa shape index (κ3) is 5.49. The number of thioether (sulfide) groups is 1. The summed E-state index contributed by atoms with van der Waals surface area (Å²) in [4.78, 5) is 26.0. The first-order valence-corrected chi connectivity index (χ1v) is 11.4. The molecule has 0 saturated carbocycles. The van der Waals surface area contributed by atoms with Gasteiger partial charge in [-0.05, 0) is 72.3 Å². The van der Waals surface area contributed by atoms with Crippen molar-refractivity contribution < 1.29 is 9.59 Å². The first-order valence-electron chi connectivity index (χ1n) is 10.1. The fraction of sp³-hybridized carbons (Fsp3) is 0.0769. The molecule has 0 saturated heterocycles. The molecular weight excluding hydrogens is 440 g/mol. The van der Waals surface area contributed by atoms with E-state index in [0.29, 0.717) is 22.0 Å². The second kappa shape index (κ2) is 9.90. The molecule has 0 spiro atoms. The van der Waals surface area contributed by atoms with E-state index in [2.05, 4.69) is 10.6 Å². The summed E-state index contributed by atoms with van der Waals surface area (Å²) in [6.07, 6.45) is 0. The van der Waals surface area contributed by atoms with Crippen LogP contribution in [0, 0.1) is 0 Å². The van der Waals surface area contributed by atoms with Gasteiger partial charge in [-0.2, -0.15) is 0 Å². The molecule has 4 rings (SSSR count). The van der Waals surface area contributed by atoms with Crippen molar-refractivity contribution in [2.75, 3.05) is 10.6 Å². The van der Waals surface area contributed by atoms with Crippen molar-refractivity contribution in [1.82, 2.24) is 0 Å². The maximum atomic E-state index is 12.6. The van der Waals surface area contributed by atoms with Crippen LogP contribution in [-0.4, -0.2) is 17.1 Å². The molecule has 0 aliphatic rings. The fourth-order valence-electron chi connectivity index (χ4n) is 3.22.